The van der Waals surface area contributed by atoms with Gasteiger partial charge in [-0.25, -0.2) is 13.1 Å². The van der Waals surface area contributed by atoms with Crippen molar-refractivity contribution in [2.75, 3.05) is 6.61 Å². The zero-order chi connectivity index (χ0) is 20.6. The third kappa shape index (κ3) is 6.51. The van der Waals surface area contributed by atoms with Gasteiger partial charge >= 0.3 is 0 Å². The van der Waals surface area contributed by atoms with E-state index in [9.17, 15) is 13.2 Å². The number of ether oxygens (including phenoxy) is 1. The van der Waals surface area contributed by atoms with Gasteiger partial charge < -0.3 is 10.1 Å². The Balaban J connectivity index is 2.01. The average molecular weight is 403 g/mol. The molecule has 6 nitrogen and oxygen atoms in total. The Morgan fingerprint density at radius 3 is 2.61 bits per heavy atom. The zero-order valence-electron chi connectivity index (χ0n) is 16.3. The van der Waals surface area contributed by atoms with Crippen molar-refractivity contribution in [2.24, 2.45) is 0 Å². The molecule has 0 radical (unpaired) electrons. The molecule has 0 bridgehead atoms. The summed E-state index contributed by atoms with van der Waals surface area (Å²) in [5.41, 5.74) is 1.51. The summed E-state index contributed by atoms with van der Waals surface area (Å²) >= 11 is 0. The fourth-order valence-corrected chi connectivity index (χ4v) is 3.84. The lowest BCUT2D eigenvalue weighted by Gasteiger charge is -2.11. The van der Waals surface area contributed by atoms with Gasteiger partial charge in [-0.05, 0) is 50.6 Å². The van der Waals surface area contributed by atoms with Crippen LogP contribution in [0.3, 0.4) is 0 Å². The first-order valence-electron chi connectivity index (χ1n) is 9.11. The van der Waals surface area contributed by atoms with Crippen molar-refractivity contribution in [3.63, 3.8) is 0 Å². The highest BCUT2D eigenvalue weighted by Gasteiger charge is 2.15. The van der Waals surface area contributed by atoms with E-state index in [4.69, 9.17) is 4.74 Å². The molecule has 0 saturated heterocycles. The fraction of sp³-hybridized carbons (Fsp3) is 0.286. The van der Waals surface area contributed by atoms with Crippen LogP contribution in [0, 0.1) is 0 Å². The molecule has 0 spiro atoms. The number of amides is 1. The van der Waals surface area contributed by atoms with Crippen molar-refractivity contribution in [3.8, 4) is 5.75 Å². The smallest absolute Gasteiger partial charge is 0.244 e. The Morgan fingerprint density at radius 2 is 1.89 bits per heavy atom. The molecular weight excluding hydrogens is 376 g/mol. The number of benzene rings is 2. The Morgan fingerprint density at radius 1 is 1.14 bits per heavy atom. The van der Waals surface area contributed by atoms with Crippen LogP contribution in [0.5, 0.6) is 5.75 Å². The van der Waals surface area contributed by atoms with Crippen molar-refractivity contribution in [2.45, 2.75) is 38.3 Å². The molecule has 0 fully saturated rings. The lowest BCUT2D eigenvalue weighted by molar-refractivity contribution is -0.116. The number of rotatable bonds is 9. The average Bonchev–Trinajstić information content (AvgIpc) is 2.65. The van der Waals surface area contributed by atoms with Gasteiger partial charge in [-0.15, -0.1) is 0 Å². The van der Waals surface area contributed by atoms with Gasteiger partial charge in [-0.2, -0.15) is 0 Å². The molecule has 2 rings (SSSR count). The highest BCUT2D eigenvalue weighted by molar-refractivity contribution is 7.89. The van der Waals surface area contributed by atoms with Gasteiger partial charge in [0.15, 0.2) is 0 Å². The Labute approximate surface area is 166 Å². The molecule has 0 atom stereocenters. The summed E-state index contributed by atoms with van der Waals surface area (Å²) in [6.45, 7) is 6.19. The van der Waals surface area contributed by atoms with E-state index < -0.39 is 10.0 Å². The summed E-state index contributed by atoms with van der Waals surface area (Å²) in [6.07, 6.45) is 3.12. The van der Waals surface area contributed by atoms with Gasteiger partial charge in [-0.3, -0.25) is 4.79 Å². The SMILES string of the molecule is CCOc1ccccc1/C=C/C(=O)NCc1cccc(S(=O)(=O)NC(C)C)c1. The molecule has 28 heavy (non-hydrogen) atoms. The Hall–Kier alpha value is -2.64. The number of sulfonamides is 1. The number of hydrogen-bond donors (Lipinski definition) is 2. The third-order valence-corrected chi connectivity index (χ3v) is 5.36. The second-order valence-corrected chi connectivity index (χ2v) is 8.16. The van der Waals surface area contributed by atoms with E-state index in [1.807, 2.05) is 31.2 Å². The number of nitrogens with one attached hydrogen (secondary N) is 2. The van der Waals surface area contributed by atoms with Crippen LogP contribution in [0.25, 0.3) is 6.08 Å². The molecule has 0 aliphatic heterocycles. The Kier molecular flexibility index (Phi) is 7.78. The van der Waals surface area contributed by atoms with Crippen LogP contribution in [0.4, 0.5) is 0 Å². The molecule has 2 N–H and O–H groups in total. The van der Waals surface area contributed by atoms with Crippen molar-refractivity contribution >= 4 is 22.0 Å². The van der Waals surface area contributed by atoms with E-state index in [-0.39, 0.29) is 23.4 Å². The molecule has 0 saturated carbocycles. The van der Waals surface area contributed by atoms with E-state index in [0.29, 0.717) is 17.9 Å². The van der Waals surface area contributed by atoms with Gasteiger partial charge in [-0.1, -0.05) is 30.3 Å². The second-order valence-electron chi connectivity index (χ2n) is 6.45. The molecule has 1 amide bonds. The number of hydrogen-bond acceptors (Lipinski definition) is 4. The van der Waals surface area contributed by atoms with Crippen LogP contribution in [-0.2, 0) is 21.4 Å². The normalized spacial score (nSPS) is 11.7. The quantitative estimate of drug-likeness (QED) is 0.631. The van der Waals surface area contributed by atoms with Gasteiger partial charge in [0, 0.05) is 24.2 Å². The number of carbonyl (C=O) groups excluding carboxylic acids is 1. The molecule has 2 aromatic carbocycles. The second kappa shape index (κ2) is 10.1. The van der Waals surface area contributed by atoms with E-state index in [2.05, 4.69) is 10.0 Å². The van der Waals surface area contributed by atoms with Gasteiger partial charge in [0.05, 0.1) is 11.5 Å². The molecule has 0 aliphatic rings. The van der Waals surface area contributed by atoms with Gasteiger partial charge in [0.1, 0.15) is 5.75 Å². The fourth-order valence-electron chi connectivity index (χ4n) is 2.52. The maximum atomic E-state index is 12.3. The topological polar surface area (TPSA) is 84.5 Å². The van der Waals surface area contributed by atoms with E-state index in [0.717, 1.165) is 5.56 Å². The summed E-state index contributed by atoms with van der Waals surface area (Å²) in [6, 6.07) is 13.8. The third-order valence-electron chi connectivity index (χ3n) is 3.70. The van der Waals surface area contributed by atoms with Gasteiger partial charge in [0.25, 0.3) is 0 Å². The largest absolute Gasteiger partial charge is 0.493 e. The van der Waals surface area contributed by atoms with E-state index in [1.54, 1.807) is 38.1 Å². The highest BCUT2D eigenvalue weighted by Crippen LogP contribution is 2.19. The molecule has 0 aromatic heterocycles. The molecule has 7 heteroatoms. The minimum absolute atomic E-state index is 0.175. The van der Waals surface area contributed by atoms with Crippen molar-refractivity contribution < 1.29 is 17.9 Å². The Bertz CT molecular complexity index is 937. The summed E-state index contributed by atoms with van der Waals surface area (Å²) in [5, 5.41) is 2.76. The van der Waals surface area contributed by atoms with Crippen LogP contribution in [0.15, 0.2) is 59.5 Å². The molecule has 2 aromatic rings. The molecule has 150 valence electrons. The van der Waals surface area contributed by atoms with Crippen molar-refractivity contribution in [1.29, 1.82) is 0 Å². The van der Waals surface area contributed by atoms with Crippen LogP contribution >= 0.6 is 0 Å². The monoisotopic (exact) mass is 402 g/mol. The predicted molar refractivity (Wildman–Crippen MR) is 110 cm³/mol. The minimum Gasteiger partial charge on any atom is -0.493 e. The maximum Gasteiger partial charge on any atom is 0.244 e. The van der Waals surface area contributed by atoms with Crippen LogP contribution in [0.1, 0.15) is 31.9 Å². The first kappa shape index (κ1) is 21.7. The molecule has 0 unspecified atom stereocenters. The minimum atomic E-state index is -3.57. The highest BCUT2D eigenvalue weighted by atomic mass is 32.2. The lowest BCUT2D eigenvalue weighted by Crippen LogP contribution is -2.30. The van der Waals surface area contributed by atoms with Crippen LogP contribution < -0.4 is 14.8 Å². The zero-order valence-corrected chi connectivity index (χ0v) is 17.1. The van der Waals surface area contributed by atoms with Crippen LogP contribution in [-0.4, -0.2) is 27.0 Å². The van der Waals surface area contributed by atoms with Crippen molar-refractivity contribution in [3.05, 3.63) is 65.7 Å². The maximum absolute atomic E-state index is 12.3. The first-order chi connectivity index (χ1) is 13.3. The molecular formula is C21H26N2O4S. The predicted octanol–water partition coefficient (Wildman–Crippen LogP) is 3.10. The number of para-hydroxylation sites is 1. The summed E-state index contributed by atoms with van der Waals surface area (Å²) < 4.78 is 32.6. The molecule has 0 heterocycles. The number of carbonyl (C=O) groups is 1. The van der Waals surface area contributed by atoms with E-state index in [1.165, 1.54) is 12.1 Å². The summed E-state index contributed by atoms with van der Waals surface area (Å²) in [5.74, 6) is 0.435. The molecule has 0 aliphatic carbocycles. The summed E-state index contributed by atoms with van der Waals surface area (Å²) in [7, 11) is -3.57. The lowest BCUT2D eigenvalue weighted by atomic mass is 10.2. The first-order valence-corrected chi connectivity index (χ1v) is 10.6. The summed E-state index contributed by atoms with van der Waals surface area (Å²) in [4.78, 5) is 12.3. The van der Waals surface area contributed by atoms with E-state index >= 15 is 0 Å². The van der Waals surface area contributed by atoms with Gasteiger partial charge in [0.2, 0.25) is 15.9 Å². The van der Waals surface area contributed by atoms with Crippen molar-refractivity contribution in [1.82, 2.24) is 10.0 Å². The van der Waals surface area contributed by atoms with Crippen LogP contribution in [0.2, 0.25) is 0 Å². The standard InChI is InChI=1S/C21H26N2O4S/c1-4-27-20-11-6-5-9-18(20)12-13-21(24)22-15-17-8-7-10-19(14-17)28(25,26)23-16(2)3/h5-14,16,23H,4,15H2,1-3H3,(H,22,24)/b13-12+.